The highest BCUT2D eigenvalue weighted by Crippen LogP contribution is 2.36. The van der Waals surface area contributed by atoms with Crippen LogP contribution in [0.4, 0.5) is 4.79 Å². The SMILES string of the molecule is CC(C)(C)OC(=O)n1cnc(COc2ccc(COc3cccc(C4CCC(=O)NC4=O)c3Cl)cc2)c1. The van der Waals surface area contributed by atoms with Crippen molar-refractivity contribution >= 4 is 29.5 Å². The Kier molecular flexibility index (Phi) is 7.83. The third-order valence-electron chi connectivity index (χ3n) is 5.55. The van der Waals surface area contributed by atoms with Gasteiger partial charge in [0.1, 0.15) is 36.6 Å². The van der Waals surface area contributed by atoms with E-state index in [0.717, 1.165) is 5.56 Å². The lowest BCUT2D eigenvalue weighted by atomic mass is 9.90. The number of imidazole rings is 1. The first-order chi connectivity index (χ1) is 17.6. The number of carbonyl (C=O) groups excluding carboxylic acids is 3. The molecule has 0 spiro atoms. The molecular weight excluding hydrogens is 498 g/mol. The maximum atomic E-state index is 12.2. The van der Waals surface area contributed by atoms with Gasteiger partial charge in [-0.15, -0.1) is 0 Å². The van der Waals surface area contributed by atoms with E-state index in [2.05, 4.69) is 10.3 Å². The van der Waals surface area contributed by atoms with Crippen molar-refractivity contribution in [3.05, 3.63) is 76.8 Å². The number of aromatic nitrogens is 2. The Bertz CT molecular complexity index is 1300. The molecule has 2 heterocycles. The highest BCUT2D eigenvalue weighted by molar-refractivity contribution is 6.33. The van der Waals surface area contributed by atoms with Crippen LogP contribution in [0.2, 0.25) is 5.02 Å². The van der Waals surface area contributed by atoms with Gasteiger partial charge in [0.15, 0.2) is 0 Å². The number of nitrogens with one attached hydrogen (secondary N) is 1. The monoisotopic (exact) mass is 525 g/mol. The number of nitrogens with zero attached hydrogens (tertiary/aromatic N) is 2. The molecular formula is C27H28ClN3O6. The fourth-order valence-electron chi connectivity index (χ4n) is 3.75. The molecule has 2 aromatic carbocycles. The van der Waals surface area contributed by atoms with Crippen molar-refractivity contribution in [2.24, 2.45) is 0 Å². The summed E-state index contributed by atoms with van der Waals surface area (Å²) in [4.78, 5) is 40.0. The first-order valence-corrected chi connectivity index (χ1v) is 12.2. The van der Waals surface area contributed by atoms with Crippen LogP contribution in [-0.4, -0.2) is 33.1 Å². The molecule has 0 aliphatic carbocycles. The second-order valence-corrected chi connectivity index (χ2v) is 10.0. The van der Waals surface area contributed by atoms with Crippen molar-refractivity contribution in [2.75, 3.05) is 0 Å². The van der Waals surface area contributed by atoms with Crippen LogP contribution >= 0.6 is 11.6 Å². The van der Waals surface area contributed by atoms with E-state index in [1.165, 1.54) is 10.9 Å². The molecule has 194 valence electrons. The average Bonchev–Trinajstić information content (AvgIpc) is 3.32. The smallest absolute Gasteiger partial charge is 0.419 e. The number of piperidine rings is 1. The Morgan fingerprint density at radius 1 is 1.11 bits per heavy atom. The van der Waals surface area contributed by atoms with Crippen LogP contribution in [0.5, 0.6) is 11.5 Å². The zero-order valence-corrected chi connectivity index (χ0v) is 21.6. The van der Waals surface area contributed by atoms with Crippen LogP contribution in [-0.2, 0) is 27.5 Å². The number of amides is 2. The van der Waals surface area contributed by atoms with Gasteiger partial charge in [-0.1, -0.05) is 35.9 Å². The normalized spacial score (nSPS) is 15.7. The Morgan fingerprint density at radius 2 is 1.86 bits per heavy atom. The molecule has 1 atom stereocenters. The summed E-state index contributed by atoms with van der Waals surface area (Å²) in [6.07, 6.45) is 3.16. The summed E-state index contributed by atoms with van der Waals surface area (Å²) in [5.41, 5.74) is 1.53. The fourth-order valence-corrected chi connectivity index (χ4v) is 4.06. The minimum atomic E-state index is -0.592. The summed E-state index contributed by atoms with van der Waals surface area (Å²) in [6, 6.07) is 12.7. The number of imide groups is 1. The van der Waals surface area contributed by atoms with Crippen LogP contribution in [0.3, 0.4) is 0 Å². The molecule has 1 unspecified atom stereocenters. The van der Waals surface area contributed by atoms with E-state index in [4.69, 9.17) is 25.8 Å². The van der Waals surface area contributed by atoms with Gasteiger partial charge in [0, 0.05) is 12.6 Å². The Balaban J connectivity index is 1.31. The van der Waals surface area contributed by atoms with Crippen molar-refractivity contribution in [1.29, 1.82) is 0 Å². The van der Waals surface area contributed by atoms with Crippen LogP contribution < -0.4 is 14.8 Å². The van der Waals surface area contributed by atoms with Gasteiger partial charge in [-0.25, -0.2) is 14.3 Å². The van der Waals surface area contributed by atoms with E-state index in [0.29, 0.717) is 34.2 Å². The molecule has 0 radical (unpaired) electrons. The second-order valence-electron chi connectivity index (χ2n) is 9.64. The third kappa shape index (κ3) is 6.89. The lowest BCUT2D eigenvalue weighted by Gasteiger charge is -2.22. The molecule has 1 fully saturated rings. The summed E-state index contributed by atoms with van der Waals surface area (Å²) in [5, 5.41) is 2.72. The minimum absolute atomic E-state index is 0.189. The molecule has 9 nitrogen and oxygen atoms in total. The van der Waals surface area contributed by atoms with E-state index in [1.807, 2.05) is 24.3 Å². The van der Waals surface area contributed by atoms with Gasteiger partial charge >= 0.3 is 6.09 Å². The quantitative estimate of drug-likeness (QED) is 0.432. The van der Waals surface area contributed by atoms with E-state index < -0.39 is 17.6 Å². The van der Waals surface area contributed by atoms with Crippen LogP contribution in [0.1, 0.15) is 56.4 Å². The van der Waals surface area contributed by atoms with Gasteiger partial charge in [-0.05, 0) is 56.5 Å². The minimum Gasteiger partial charge on any atom is -0.487 e. The Morgan fingerprint density at radius 3 is 2.57 bits per heavy atom. The number of carbonyl (C=O) groups is 3. The summed E-state index contributed by atoms with van der Waals surface area (Å²) in [6.45, 7) is 5.85. The molecule has 1 aromatic heterocycles. The highest BCUT2D eigenvalue weighted by atomic mass is 35.5. The van der Waals surface area contributed by atoms with Gasteiger partial charge in [-0.2, -0.15) is 0 Å². The molecule has 2 amide bonds. The van der Waals surface area contributed by atoms with Crippen LogP contribution in [0.15, 0.2) is 55.0 Å². The second kappa shape index (κ2) is 11.0. The molecule has 4 rings (SSSR count). The van der Waals surface area contributed by atoms with E-state index in [9.17, 15) is 14.4 Å². The lowest BCUT2D eigenvalue weighted by Crippen LogP contribution is -2.39. The molecule has 1 N–H and O–H groups in total. The molecule has 0 bridgehead atoms. The lowest BCUT2D eigenvalue weighted by molar-refractivity contribution is -0.134. The first-order valence-electron chi connectivity index (χ1n) is 11.8. The fraction of sp³-hybridized carbons (Fsp3) is 0.333. The molecule has 37 heavy (non-hydrogen) atoms. The zero-order valence-electron chi connectivity index (χ0n) is 20.8. The van der Waals surface area contributed by atoms with Gasteiger partial charge in [0.2, 0.25) is 11.8 Å². The highest BCUT2D eigenvalue weighted by Gasteiger charge is 2.30. The zero-order chi connectivity index (χ0) is 26.6. The predicted octanol–water partition coefficient (Wildman–Crippen LogP) is 5.00. The molecule has 1 aliphatic rings. The topological polar surface area (TPSA) is 109 Å². The average molecular weight is 526 g/mol. The van der Waals surface area contributed by atoms with E-state index in [1.54, 1.807) is 45.2 Å². The Labute approximate surface area is 219 Å². The third-order valence-corrected chi connectivity index (χ3v) is 5.96. The van der Waals surface area contributed by atoms with Crippen molar-refractivity contribution in [1.82, 2.24) is 14.9 Å². The van der Waals surface area contributed by atoms with Crippen molar-refractivity contribution < 1.29 is 28.6 Å². The molecule has 1 saturated heterocycles. The molecule has 3 aromatic rings. The largest absolute Gasteiger partial charge is 0.487 e. The van der Waals surface area contributed by atoms with E-state index in [-0.39, 0.29) is 31.4 Å². The standard InChI is InChI=1S/C27H28ClN3O6/c1-27(2,3)37-26(34)31-13-18(29-16-31)15-35-19-9-7-17(8-10-19)14-36-22-6-4-5-20(24(22)28)21-11-12-23(32)30-25(21)33/h4-10,13,16,21H,11-12,14-15H2,1-3H3,(H,30,32,33). The number of halogens is 1. The molecule has 10 heteroatoms. The molecule has 0 saturated carbocycles. The summed E-state index contributed by atoms with van der Waals surface area (Å²) in [7, 11) is 0. The number of hydrogen-bond acceptors (Lipinski definition) is 7. The van der Waals surface area contributed by atoms with Gasteiger partial charge < -0.3 is 14.2 Å². The number of ether oxygens (including phenoxy) is 3. The summed E-state index contributed by atoms with van der Waals surface area (Å²) >= 11 is 6.54. The summed E-state index contributed by atoms with van der Waals surface area (Å²) < 4.78 is 18.3. The maximum Gasteiger partial charge on any atom is 0.419 e. The van der Waals surface area contributed by atoms with Crippen LogP contribution in [0, 0.1) is 0 Å². The number of hydrogen-bond donors (Lipinski definition) is 1. The summed E-state index contributed by atoms with van der Waals surface area (Å²) in [5.74, 6) is -0.00546. The van der Waals surface area contributed by atoms with E-state index >= 15 is 0 Å². The Hall–Kier alpha value is -3.85. The van der Waals surface area contributed by atoms with Gasteiger partial charge in [0.05, 0.1) is 16.6 Å². The van der Waals surface area contributed by atoms with Crippen molar-refractivity contribution in [2.45, 2.75) is 58.3 Å². The number of benzene rings is 2. The maximum absolute atomic E-state index is 12.2. The van der Waals surface area contributed by atoms with Crippen molar-refractivity contribution in [3.63, 3.8) is 0 Å². The van der Waals surface area contributed by atoms with Crippen molar-refractivity contribution in [3.8, 4) is 11.5 Å². The predicted molar refractivity (Wildman–Crippen MR) is 136 cm³/mol. The number of rotatable bonds is 7. The van der Waals surface area contributed by atoms with Gasteiger partial charge in [-0.3, -0.25) is 14.9 Å². The molecule has 1 aliphatic heterocycles. The first kappa shape index (κ1) is 26.2. The van der Waals surface area contributed by atoms with Gasteiger partial charge in [0.25, 0.3) is 0 Å². The van der Waals surface area contributed by atoms with Crippen LogP contribution in [0.25, 0.3) is 0 Å².